The van der Waals surface area contributed by atoms with Gasteiger partial charge in [0.15, 0.2) is 0 Å². The average molecular weight is 221 g/mol. The molecule has 0 saturated heterocycles. The van der Waals surface area contributed by atoms with Gasteiger partial charge >= 0.3 is 0 Å². The second-order valence-corrected chi connectivity index (χ2v) is 3.82. The van der Waals surface area contributed by atoms with Gasteiger partial charge in [-0.25, -0.2) is 3.96 Å². The molecule has 0 unspecified atom stereocenters. The van der Waals surface area contributed by atoms with Crippen molar-refractivity contribution in [2.45, 2.75) is 6.92 Å². The summed E-state index contributed by atoms with van der Waals surface area (Å²) in [6, 6.07) is 9.04. The molecular formula is C11H11NO2S. The topological polar surface area (TPSA) is 31.2 Å². The fourth-order valence-corrected chi connectivity index (χ4v) is 2.01. The molecule has 0 atom stereocenters. The molecule has 1 aromatic carbocycles. The van der Waals surface area contributed by atoms with Crippen molar-refractivity contribution in [2.24, 2.45) is 0 Å². The van der Waals surface area contributed by atoms with Crippen LogP contribution in [0, 0.1) is 0 Å². The Hall–Kier alpha value is -1.55. The van der Waals surface area contributed by atoms with Gasteiger partial charge in [0.05, 0.1) is 12.3 Å². The van der Waals surface area contributed by atoms with Crippen LogP contribution in [0.2, 0.25) is 0 Å². The Balaban J connectivity index is 2.32. The van der Waals surface area contributed by atoms with Crippen molar-refractivity contribution in [1.82, 2.24) is 3.96 Å². The molecule has 0 aliphatic rings. The van der Waals surface area contributed by atoms with Gasteiger partial charge in [0.25, 0.3) is 5.56 Å². The fourth-order valence-electron chi connectivity index (χ4n) is 1.30. The van der Waals surface area contributed by atoms with Crippen LogP contribution in [0.4, 0.5) is 0 Å². The first-order valence-electron chi connectivity index (χ1n) is 4.71. The van der Waals surface area contributed by atoms with Crippen molar-refractivity contribution < 1.29 is 4.74 Å². The van der Waals surface area contributed by atoms with Gasteiger partial charge in [-0.15, -0.1) is 0 Å². The van der Waals surface area contributed by atoms with Crippen LogP contribution in [0.25, 0.3) is 5.69 Å². The Morgan fingerprint density at radius 1 is 1.27 bits per heavy atom. The second kappa shape index (κ2) is 4.31. The minimum Gasteiger partial charge on any atom is -0.494 e. The van der Waals surface area contributed by atoms with Crippen molar-refractivity contribution in [1.29, 1.82) is 0 Å². The summed E-state index contributed by atoms with van der Waals surface area (Å²) in [6.07, 6.45) is 0. The van der Waals surface area contributed by atoms with Crippen molar-refractivity contribution >= 4 is 11.5 Å². The molecule has 0 N–H and O–H groups in total. The predicted octanol–water partition coefficient (Wildman–Crippen LogP) is 2.30. The summed E-state index contributed by atoms with van der Waals surface area (Å²) in [6.45, 7) is 2.59. The Labute approximate surface area is 91.7 Å². The Morgan fingerprint density at radius 2 is 2.00 bits per heavy atom. The standard InChI is InChI=1S/C11H11NO2S/c1-2-14-10-5-3-9(4-6-10)12-11(13)7-8-15-12/h3-8H,2H2,1H3. The summed E-state index contributed by atoms with van der Waals surface area (Å²) in [4.78, 5) is 11.4. The number of rotatable bonds is 3. The first-order valence-corrected chi connectivity index (χ1v) is 5.55. The SMILES string of the molecule is CCOc1ccc(-n2sccc2=O)cc1. The lowest BCUT2D eigenvalue weighted by atomic mass is 10.3. The summed E-state index contributed by atoms with van der Waals surface area (Å²) >= 11 is 1.39. The van der Waals surface area contributed by atoms with Gasteiger partial charge in [-0.1, -0.05) is 11.5 Å². The summed E-state index contributed by atoms with van der Waals surface area (Å²) in [5.74, 6) is 0.825. The third kappa shape index (κ3) is 2.10. The molecule has 0 amide bonds. The molecule has 1 heterocycles. The van der Waals surface area contributed by atoms with E-state index in [9.17, 15) is 4.79 Å². The summed E-state index contributed by atoms with van der Waals surface area (Å²) in [7, 11) is 0. The van der Waals surface area contributed by atoms with Crippen molar-refractivity contribution in [3.63, 3.8) is 0 Å². The number of benzene rings is 1. The van der Waals surface area contributed by atoms with Gasteiger partial charge in [-0.05, 0) is 31.2 Å². The zero-order valence-electron chi connectivity index (χ0n) is 8.34. The van der Waals surface area contributed by atoms with E-state index in [4.69, 9.17) is 4.74 Å². The maximum absolute atomic E-state index is 11.4. The minimum atomic E-state index is 0.00385. The van der Waals surface area contributed by atoms with E-state index in [2.05, 4.69) is 0 Å². The molecule has 1 aromatic heterocycles. The van der Waals surface area contributed by atoms with Gasteiger partial charge in [0.1, 0.15) is 5.75 Å². The van der Waals surface area contributed by atoms with Gasteiger partial charge in [0.2, 0.25) is 0 Å². The quantitative estimate of drug-likeness (QED) is 0.796. The number of ether oxygens (including phenoxy) is 1. The summed E-state index contributed by atoms with van der Waals surface area (Å²) < 4.78 is 6.96. The maximum Gasteiger partial charge on any atom is 0.265 e. The van der Waals surface area contributed by atoms with Crippen LogP contribution in [0.1, 0.15) is 6.92 Å². The Kier molecular flexibility index (Phi) is 2.87. The maximum atomic E-state index is 11.4. The molecule has 78 valence electrons. The molecule has 4 heteroatoms. The van der Waals surface area contributed by atoms with E-state index in [1.807, 2.05) is 31.2 Å². The van der Waals surface area contributed by atoms with Crippen LogP contribution in [-0.4, -0.2) is 10.6 Å². The first kappa shape index (κ1) is 9.98. The predicted molar refractivity (Wildman–Crippen MR) is 61.1 cm³/mol. The number of aromatic nitrogens is 1. The largest absolute Gasteiger partial charge is 0.494 e. The molecule has 3 nitrogen and oxygen atoms in total. The van der Waals surface area contributed by atoms with E-state index in [-0.39, 0.29) is 5.56 Å². The third-order valence-corrected chi connectivity index (χ3v) is 2.82. The molecule has 2 rings (SSSR count). The van der Waals surface area contributed by atoms with E-state index >= 15 is 0 Å². The van der Waals surface area contributed by atoms with Crippen LogP contribution in [-0.2, 0) is 0 Å². The minimum absolute atomic E-state index is 0.00385. The normalized spacial score (nSPS) is 10.2. The zero-order valence-corrected chi connectivity index (χ0v) is 9.16. The van der Waals surface area contributed by atoms with E-state index in [1.54, 1.807) is 15.4 Å². The lowest BCUT2D eigenvalue weighted by Gasteiger charge is -2.04. The molecule has 0 fully saturated rings. The Bertz CT molecular complexity index is 484. The first-order chi connectivity index (χ1) is 7.31. The van der Waals surface area contributed by atoms with Crippen molar-refractivity contribution in [3.05, 3.63) is 46.1 Å². The molecule has 15 heavy (non-hydrogen) atoms. The third-order valence-electron chi connectivity index (χ3n) is 1.96. The highest BCUT2D eigenvalue weighted by Gasteiger charge is 2.00. The van der Waals surface area contributed by atoms with Crippen LogP contribution in [0.3, 0.4) is 0 Å². The molecule has 0 spiro atoms. The second-order valence-electron chi connectivity index (χ2n) is 2.97. The van der Waals surface area contributed by atoms with E-state index in [0.29, 0.717) is 6.61 Å². The smallest absolute Gasteiger partial charge is 0.265 e. The van der Waals surface area contributed by atoms with Crippen LogP contribution >= 0.6 is 11.5 Å². The highest BCUT2D eigenvalue weighted by atomic mass is 32.1. The molecular weight excluding hydrogens is 210 g/mol. The average Bonchev–Trinajstić information content (AvgIpc) is 2.66. The monoisotopic (exact) mass is 221 g/mol. The van der Waals surface area contributed by atoms with E-state index < -0.39 is 0 Å². The summed E-state index contributed by atoms with van der Waals surface area (Å²) in [5, 5.41) is 1.78. The number of nitrogens with zero attached hydrogens (tertiary/aromatic N) is 1. The molecule has 0 bridgehead atoms. The van der Waals surface area contributed by atoms with E-state index in [0.717, 1.165) is 11.4 Å². The zero-order chi connectivity index (χ0) is 10.7. The molecule has 0 aliphatic heterocycles. The molecule has 0 saturated carbocycles. The molecule has 2 aromatic rings. The molecule has 0 radical (unpaired) electrons. The van der Waals surface area contributed by atoms with Gasteiger partial charge in [0, 0.05) is 11.4 Å². The number of hydrogen-bond donors (Lipinski definition) is 0. The van der Waals surface area contributed by atoms with Crippen molar-refractivity contribution in [2.75, 3.05) is 6.61 Å². The highest BCUT2D eigenvalue weighted by molar-refractivity contribution is 7.04. The van der Waals surface area contributed by atoms with Gasteiger partial charge in [-0.3, -0.25) is 4.79 Å². The van der Waals surface area contributed by atoms with Gasteiger partial charge in [-0.2, -0.15) is 0 Å². The van der Waals surface area contributed by atoms with E-state index in [1.165, 1.54) is 11.5 Å². The van der Waals surface area contributed by atoms with Crippen LogP contribution in [0.5, 0.6) is 5.75 Å². The highest BCUT2D eigenvalue weighted by Crippen LogP contribution is 2.15. The lowest BCUT2D eigenvalue weighted by molar-refractivity contribution is 0.340. The number of hydrogen-bond acceptors (Lipinski definition) is 3. The van der Waals surface area contributed by atoms with Crippen LogP contribution in [0.15, 0.2) is 40.5 Å². The fraction of sp³-hybridized carbons (Fsp3) is 0.182. The van der Waals surface area contributed by atoms with Crippen molar-refractivity contribution in [3.8, 4) is 11.4 Å². The van der Waals surface area contributed by atoms with Gasteiger partial charge < -0.3 is 4.74 Å². The van der Waals surface area contributed by atoms with Crippen LogP contribution < -0.4 is 10.3 Å². The summed E-state index contributed by atoms with van der Waals surface area (Å²) in [5.41, 5.74) is 0.877. The Morgan fingerprint density at radius 3 is 2.53 bits per heavy atom. The molecule has 0 aliphatic carbocycles. The lowest BCUT2D eigenvalue weighted by Crippen LogP contribution is -2.09.